The van der Waals surface area contributed by atoms with Crippen LogP contribution in [0.15, 0.2) is 4.99 Å². The molecule has 0 aromatic rings. The highest BCUT2D eigenvalue weighted by atomic mass is 16.1. The van der Waals surface area contributed by atoms with Gasteiger partial charge in [-0.25, -0.2) is 4.79 Å². The highest BCUT2D eigenvalue weighted by molar-refractivity contribution is 5.34. The van der Waals surface area contributed by atoms with Crippen LogP contribution >= 0.6 is 0 Å². The molecule has 0 aromatic carbocycles. The number of carbonyl (C=O) groups excluding carboxylic acids is 1. The molecular formula is C19H35NO. The summed E-state index contributed by atoms with van der Waals surface area (Å²) in [6.07, 6.45) is 18.6. The van der Waals surface area contributed by atoms with E-state index in [9.17, 15) is 4.79 Å². The normalized spacial score (nSPS) is 29.7. The third-order valence-electron chi connectivity index (χ3n) is 4.99. The molecule has 0 heterocycles. The van der Waals surface area contributed by atoms with Crippen LogP contribution in [-0.4, -0.2) is 11.6 Å². The Hall–Kier alpha value is -0.620. The van der Waals surface area contributed by atoms with Crippen LogP contribution < -0.4 is 0 Å². The highest BCUT2D eigenvalue weighted by Gasteiger charge is 2.31. The van der Waals surface area contributed by atoms with Gasteiger partial charge in [-0.2, -0.15) is 4.99 Å². The summed E-state index contributed by atoms with van der Waals surface area (Å²) in [7, 11) is 0. The standard InChI is InChI=1S/C19H35NO/c1-18(2)14-12-10-8-6-4-5-7-9-11-13-15-19(3,16-18)20-17-21/h4-16H2,1-3H3/t19-/m1/s1. The molecule has 1 rings (SSSR count). The van der Waals surface area contributed by atoms with Gasteiger partial charge in [-0.05, 0) is 31.6 Å². The van der Waals surface area contributed by atoms with Crippen molar-refractivity contribution in [2.24, 2.45) is 10.4 Å². The number of rotatable bonds is 1. The molecule has 0 saturated heterocycles. The highest BCUT2D eigenvalue weighted by Crippen LogP contribution is 2.37. The van der Waals surface area contributed by atoms with E-state index in [1.54, 1.807) is 0 Å². The smallest absolute Gasteiger partial charge is 0.211 e. The third kappa shape index (κ3) is 8.41. The van der Waals surface area contributed by atoms with E-state index in [1.165, 1.54) is 70.6 Å². The minimum absolute atomic E-state index is 0.203. The first-order valence-electron chi connectivity index (χ1n) is 9.07. The Balaban J connectivity index is 2.64. The molecule has 0 unspecified atom stereocenters. The SMILES string of the molecule is CC1(C)CCCCCCCCCCCC[C@@](C)(N=C=O)C1. The number of isocyanates is 1. The van der Waals surface area contributed by atoms with E-state index in [2.05, 4.69) is 25.8 Å². The average Bonchev–Trinajstić information content (AvgIpc) is 2.39. The molecule has 0 spiro atoms. The summed E-state index contributed by atoms with van der Waals surface area (Å²) >= 11 is 0. The van der Waals surface area contributed by atoms with Gasteiger partial charge in [-0.15, -0.1) is 0 Å². The van der Waals surface area contributed by atoms with Crippen LogP contribution in [0.3, 0.4) is 0 Å². The van der Waals surface area contributed by atoms with Crippen molar-refractivity contribution >= 4 is 6.08 Å². The zero-order valence-electron chi connectivity index (χ0n) is 14.5. The largest absolute Gasteiger partial charge is 0.235 e. The van der Waals surface area contributed by atoms with Crippen molar-refractivity contribution in [1.29, 1.82) is 0 Å². The lowest BCUT2D eigenvalue weighted by atomic mass is 9.74. The van der Waals surface area contributed by atoms with Crippen molar-refractivity contribution in [2.75, 3.05) is 0 Å². The minimum Gasteiger partial charge on any atom is -0.211 e. The Morgan fingerprint density at radius 2 is 1.14 bits per heavy atom. The molecule has 0 aliphatic heterocycles. The van der Waals surface area contributed by atoms with Crippen LogP contribution in [0, 0.1) is 5.41 Å². The summed E-state index contributed by atoms with van der Waals surface area (Å²) in [6.45, 7) is 6.82. The van der Waals surface area contributed by atoms with E-state index in [4.69, 9.17) is 0 Å². The monoisotopic (exact) mass is 293 g/mol. The van der Waals surface area contributed by atoms with Gasteiger partial charge in [-0.3, -0.25) is 0 Å². The second-order valence-electron chi connectivity index (χ2n) is 8.08. The van der Waals surface area contributed by atoms with Crippen LogP contribution in [0.5, 0.6) is 0 Å². The quantitative estimate of drug-likeness (QED) is 0.418. The summed E-state index contributed by atoms with van der Waals surface area (Å²) in [4.78, 5) is 15.0. The van der Waals surface area contributed by atoms with E-state index in [0.29, 0.717) is 0 Å². The van der Waals surface area contributed by atoms with E-state index >= 15 is 0 Å². The van der Waals surface area contributed by atoms with Crippen molar-refractivity contribution < 1.29 is 4.79 Å². The molecule has 1 atom stereocenters. The van der Waals surface area contributed by atoms with Gasteiger partial charge < -0.3 is 0 Å². The number of nitrogens with zero attached hydrogens (tertiary/aromatic N) is 1. The average molecular weight is 293 g/mol. The Kier molecular flexibility index (Phi) is 8.26. The maximum absolute atomic E-state index is 10.8. The molecule has 1 aliphatic rings. The topological polar surface area (TPSA) is 29.4 Å². The molecule has 0 amide bonds. The summed E-state index contributed by atoms with van der Waals surface area (Å²) in [6, 6.07) is 0. The minimum atomic E-state index is -0.203. The summed E-state index contributed by atoms with van der Waals surface area (Å²) in [5, 5.41) is 0. The van der Waals surface area contributed by atoms with Gasteiger partial charge >= 0.3 is 0 Å². The van der Waals surface area contributed by atoms with E-state index < -0.39 is 0 Å². The number of hydrogen-bond donors (Lipinski definition) is 0. The fourth-order valence-electron chi connectivity index (χ4n) is 3.94. The molecule has 122 valence electrons. The van der Waals surface area contributed by atoms with Gasteiger partial charge in [-0.1, -0.05) is 78.1 Å². The van der Waals surface area contributed by atoms with Crippen LogP contribution in [0.4, 0.5) is 0 Å². The molecule has 21 heavy (non-hydrogen) atoms. The van der Waals surface area contributed by atoms with Crippen molar-refractivity contribution in [3.8, 4) is 0 Å². The number of hydrogen-bond acceptors (Lipinski definition) is 2. The van der Waals surface area contributed by atoms with Crippen molar-refractivity contribution in [3.05, 3.63) is 0 Å². The molecule has 0 aromatic heterocycles. The fraction of sp³-hybridized carbons (Fsp3) is 0.947. The molecule has 0 bridgehead atoms. The van der Waals surface area contributed by atoms with Gasteiger partial charge in [0.2, 0.25) is 6.08 Å². The Bertz CT molecular complexity index is 330. The first-order chi connectivity index (χ1) is 9.97. The Morgan fingerprint density at radius 1 is 0.714 bits per heavy atom. The number of aliphatic imine (C=N–C) groups is 1. The van der Waals surface area contributed by atoms with Crippen LogP contribution in [0.1, 0.15) is 104 Å². The third-order valence-corrected chi connectivity index (χ3v) is 4.99. The first kappa shape index (κ1) is 18.4. The summed E-state index contributed by atoms with van der Waals surface area (Å²) < 4.78 is 0. The molecule has 1 saturated carbocycles. The van der Waals surface area contributed by atoms with Crippen LogP contribution in [0.25, 0.3) is 0 Å². The predicted molar refractivity (Wildman–Crippen MR) is 90.3 cm³/mol. The molecule has 0 radical (unpaired) electrons. The zero-order chi connectivity index (χ0) is 15.6. The first-order valence-corrected chi connectivity index (χ1v) is 9.07. The van der Waals surface area contributed by atoms with Crippen molar-refractivity contribution in [2.45, 2.75) is 110 Å². The summed E-state index contributed by atoms with van der Waals surface area (Å²) in [5.41, 5.74) is 0.0701. The van der Waals surface area contributed by atoms with Gasteiger partial charge in [0.15, 0.2) is 0 Å². The zero-order valence-corrected chi connectivity index (χ0v) is 14.5. The van der Waals surface area contributed by atoms with E-state index in [1.807, 2.05) is 6.08 Å². The maximum Gasteiger partial charge on any atom is 0.235 e. The molecule has 0 N–H and O–H groups in total. The lowest BCUT2D eigenvalue weighted by molar-refractivity contribution is 0.213. The Morgan fingerprint density at radius 3 is 1.62 bits per heavy atom. The summed E-state index contributed by atoms with van der Waals surface area (Å²) in [5.74, 6) is 0. The van der Waals surface area contributed by atoms with Gasteiger partial charge in [0.1, 0.15) is 0 Å². The molecule has 1 fully saturated rings. The Labute approximate surface area is 131 Å². The molecule has 2 nitrogen and oxygen atoms in total. The molecule has 2 heteroatoms. The fourth-order valence-corrected chi connectivity index (χ4v) is 3.94. The van der Waals surface area contributed by atoms with Crippen LogP contribution in [-0.2, 0) is 4.79 Å². The predicted octanol–water partition coefficient (Wildman–Crippen LogP) is 6.19. The van der Waals surface area contributed by atoms with E-state index in [-0.39, 0.29) is 11.0 Å². The van der Waals surface area contributed by atoms with Crippen LogP contribution in [0.2, 0.25) is 0 Å². The van der Waals surface area contributed by atoms with Gasteiger partial charge in [0, 0.05) is 0 Å². The van der Waals surface area contributed by atoms with Gasteiger partial charge in [0.25, 0.3) is 0 Å². The van der Waals surface area contributed by atoms with Gasteiger partial charge in [0.05, 0.1) is 5.54 Å². The second-order valence-corrected chi connectivity index (χ2v) is 8.08. The lowest BCUT2D eigenvalue weighted by Crippen LogP contribution is -2.30. The van der Waals surface area contributed by atoms with E-state index in [0.717, 1.165) is 12.8 Å². The molecular weight excluding hydrogens is 258 g/mol. The lowest BCUT2D eigenvalue weighted by Gasteiger charge is -2.34. The second kappa shape index (κ2) is 9.41. The maximum atomic E-state index is 10.8. The van der Waals surface area contributed by atoms with Crippen molar-refractivity contribution in [3.63, 3.8) is 0 Å². The van der Waals surface area contributed by atoms with Crippen molar-refractivity contribution in [1.82, 2.24) is 0 Å². The molecule has 1 aliphatic carbocycles.